The first-order chi connectivity index (χ1) is 12.9. The van der Waals surface area contributed by atoms with Gasteiger partial charge in [-0.15, -0.1) is 0 Å². The van der Waals surface area contributed by atoms with Crippen molar-refractivity contribution in [1.29, 1.82) is 0 Å². The molecule has 0 aliphatic heterocycles. The fourth-order valence-corrected chi connectivity index (χ4v) is 3.72. The van der Waals surface area contributed by atoms with Crippen LogP contribution >= 0.6 is 0 Å². The van der Waals surface area contributed by atoms with Gasteiger partial charge in [-0.05, 0) is 36.8 Å². The summed E-state index contributed by atoms with van der Waals surface area (Å²) in [4.78, 5) is 4.28. The van der Waals surface area contributed by atoms with E-state index in [1.807, 2.05) is 12.1 Å². The lowest BCUT2D eigenvalue weighted by Crippen LogP contribution is -2.24. The third-order valence-corrected chi connectivity index (χ3v) is 5.26. The summed E-state index contributed by atoms with van der Waals surface area (Å²) in [6.07, 6.45) is 0. The van der Waals surface area contributed by atoms with E-state index in [2.05, 4.69) is 14.9 Å². The van der Waals surface area contributed by atoms with Gasteiger partial charge in [-0.3, -0.25) is 0 Å². The summed E-state index contributed by atoms with van der Waals surface area (Å²) < 4.78 is 43.2. The van der Waals surface area contributed by atoms with Crippen LogP contribution in [0.5, 0.6) is 11.5 Å². The molecule has 0 amide bonds. The molecule has 1 N–H and O–H groups in total. The van der Waals surface area contributed by atoms with E-state index in [1.54, 1.807) is 38.3 Å². The van der Waals surface area contributed by atoms with Crippen molar-refractivity contribution in [3.8, 4) is 22.9 Å². The van der Waals surface area contributed by atoms with Gasteiger partial charge >= 0.3 is 0 Å². The monoisotopic (exact) mass is 389 g/mol. The smallest absolute Gasteiger partial charge is 0.244 e. The van der Waals surface area contributed by atoms with Gasteiger partial charge in [0, 0.05) is 0 Å². The molecule has 0 aliphatic rings. The van der Waals surface area contributed by atoms with E-state index in [0.29, 0.717) is 17.1 Å². The van der Waals surface area contributed by atoms with E-state index in [4.69, 9.17) is 14.0 Å². The van der Waals surface area contributed by atoms with Gasteiger partial charge in [0.05, 0.1) is 26.3 Å². The van der Waals surface area contributed by atoms with Crippen LogP contribution in [-0.2, 0) is 16.6 Å². The Labute approximate surface area is 157 Å². The number of aromatic nitrogens is 2. The summed E-state index contributed by atoms with van der Waals surface area (Å²) in [6, 6.07) is 12.1. The Morgan fingerprint density at radius 3 is 2.56 bits per heavy atom. The number of para-hydroxylation sites is 1. The molecule has 0 saturated heterocycles. The molecule has 1 aromatic heterocycles. The molecule has 0 fully saturated rings. The third kappa shape index (κ3) is 4.09. The normalized spacial score (nSPS) is 11.4. The zero-order valence-electron chi connectivity index (χ0n) is 15.1. The van der Waals surface area contributed by atoms with Gasteiger partial charge in [-0.2, -0.15) is 4.98 Å². The Hall–Kier alpha value is -2.91. The van der Waals surface area contributed by atoms with Crippen molar-refractivity contribution in [1.82, 2.24) is 14.9 Å². The second-order valence-corrected chi connectivity index (χ2v) is 7.43. The highest BCUT2D eigenvalue weighted by Crippen LogP contribution is 2.27. The summed E-state index contributed by atoms with van der Waals surface area (Å²) in [6.45, 7) is 1.65. The number of rotatable bonds is 7. The van der Waals surface area contributed by atoms with E-state index < -0.39 is 10.0 Å². The topological polar surface area (TPSA) is 104 Å². The second-order valence-electron chi connectivity index (χ2n) is 5.69. The van der Waals surface area contributed by atoms with Crippen LogP contribution in [0.2, 0.25) is 0 Å². The summed E-state index contributed by atoms with van der Waals surface area (Å²) in [7, 11) is -0.857. The number of hydrogen-bond donors (Lipinski definition) is 1. The van der Waals surface area contributed by atoms with Gasteiger partial charge in [0.2, 0.25) is 21.7 Å². The van der Waals surface area contributed by atoms with Gasteiger partial charge in [-0.25, -0.2) is 13.1 Å². The molecule has 2 aromatic carbocycles. The number of methoxy groups -OCH3 is 2. The van der Waals surface area contributed by atoms with Crippen LogP contribution < -0.4 is 14.2 Å². The summed E-state index contributed by atoms with van der Waals surface area (Å²) in [5.41, 5.74) is 1.45. The van der Waals surface area contributed by atoms with E-state index in [1.165, 1.54) is 13.2 Å². The minimum absolute atomic E-state index is 0.0504. The minimum Gasteiger partial charge on any atom is -0.496 e. The van der Waals surface area contributed by atoms with Crippen molar-refractivity contribution in [3.05, 3.63) is 53.9 Å². The minimum atomic E-state index is -3.82. The van der Waals surface area contributed by atoms with E-state index >= 15 is 0 Å². The molecule has 0 unspecified atom stereocenters. The van der Waals surface area contributed by atoms with Crippen LogP contribution in [0.1, 0.15) is 11.5 Å². The molecule has 0 spiro atoms. The molecule has 9 heteroatoms. The number of hydrogen-bond acceptors (Lipinski definition) is 7. The lowest BCUT2D eigenvalue weighted by atomic mass is 10.2. The predicted molar refractivity (Wildman–Crippen MR) is 98.0 cm³/mol. The van der Waals surface area contributed by atoms with E-state index in [0.717, 1.165) is 5.56 Å². The molecule has 3 aromatic rings. The van der Waals surface area contributed by atoms with Crippen LogP contribution in [0.15, 0.2) is 51.9 Å². The SMILES string of the molecule is COc1ccccc1-c1noc(CNS(=O)(=O)c2cc(C)ccc2OC)n1. The van der Waals surface area contributed by atoms with Crippen LogP contribution in [0.3, 0.4) is 0 Å². The number of nitrogens with zero attached hydrogens (tertiary/aromatic N) is 2. The average molecular weight is 389 g/mol. The molecule has 1 heterocycles. The molecule has 0 aliphatic carbocycles. The van der Waals surface area contributed by atoms with Crippen LogP contribution in [0, 0.1) is 6.92 Å². The third-order valence-electron chi connectivity index (χ3n) is 3.84. The Bertz CT molecular complexity index is 1050. The molecule has 0 saturated carbocycles. The lowest BCUT2D eigenvalue weighted by Gasteiger charge is -2.10. The highest BCUT2D eigenvalue weighted by molar-refractivity contribution is 7.89. The fraction of sp³-hybridized carbons (Fsp3) is 0.222. The maximum Gasteiger partial charge on any atom is 0.244 e. The maximum absolute atomic E-state index is 12.6. The molecule has 3 rings (SSSR count). The first kappa shape index (κ1) is 18.9. The standard InChI is InChI=1S/C18H19N3O5S/c1-12-8-9-15(25-3)16(10-12)27(22,23)19-11-17-20-18(21-26-17)13-6-4-5-7-14(13)24-2/h4-10,19H,11H2,1-3H3. The molecule has 27 heavy (non-hydrogen) atoms. The zero-order chi connectivity index (χ0) is 19.4. The second kappa shape index (κ2) is 7.77. The van der Waals surface area contributed by atoms with E-state index in [-0.39, 0.29) is 23.1 Å². The molecular formula is C18H19N3O5S. The number of benzene rings is 2. The number of nitrogens with one attached hydrogen (secondary N) is 1. The predicted octanol–water partition coefficient (Wildman–Crippen LogP) is 2.54. The molecule has 0 radical (unpaired) electrons. The number of aryl methyl sites for hydroxylation is 1. The zero-order valence-corrected chi connectivity index (χ0v) is 15.9. The van der Waals surface area contributed by atoms with Gasteiger partial charge in [-0.1, -0.05) is 23.4 Å². The Morgan fingerprint density at radius 2 is 1.81 bits per heavy atom. The lowest BCUT2D eigenvalue weighted by molar-refractivity contribution is 0.374. The molecular weight excluding hydrogens is 370 g/mol. The average Bonchev–Trinajstić information content (AvgIpc) is 3.15. The van der Waals surface area contributed by atoms with Gasteiger partial charge in [0.1, 0.15) is 16.4 Å². The number of ether oxygens (including phenoxy) is 2. The van der Waals surface area contributed by atoms with Crippen LogP contribution in [0.4, 0.5) is 0 Å². The van der Waals surface area contributed by atoms with Crippen LogP contribution in [-0.4, -0.2) is 32.8 Å². The largest absolute Gasteiger partial charge is 0.496 e. The maximum atomic E-state index is 12.6. The van der Waals surface area contributed by atoms with Crippen molar-refractivity contribution in [2.75, 3.05) is 14.2 Å². The molecule has 0 bridgehead atoms. The Balaban J connectivity index is 1.80. The first-order valence-corrected chi connectivity index (χ1v) is 9.53. The van der Waals surface area contributed by atoms with Crippen LogP contribution in [0.25, 0.3) is 11.4 Å². The summed E-state index contributed by atoms with van der Waals surface area (Å²) >= 11 is 0. The van der Waals surface area contributed by atoms with Crippen molar-refractivity contribution in [2.45, 2.75) is 18.4 Å². The van der Waals surface area contributed by atoms with Gasteiger partial charge in [0.15, 0.2) is 0 Å². The molecule has 0 atom stereocenters. The van der Waals surface area contributed by atoms with E-state index in [9.17, 15) is 8.42 Å². The van der Waals surface area contributed by atoms with Crippen molar-refractivity contribution in [3.63, 3.8) is 0 Å². The Morgan fingerprint density at radius 1 is 1.07 bits per heavy atom. The molecule has 8 nitrogen and oxygen atoms in total. The van der Waals surface area contributed by atoms with Crippen molar-refractivity contribution < 1.29 is 22.4 Å². The van der Waals surface area contributed by atoms with Gasteiger partial charge in [0.25, 0.3) is 0 Å². The van der Waals surface area contributed by atoms with Crippen molar-refractivity contribution in [2.24, 2.45) is 0 Å². The highest BCUT2D eigenvalue weighted by Gasteiger charge is 2.21. The van der Waals surface area contributed by atoms with Gasteiger partial charge < -0.3 is 14.0 Å². The first-order valence-electron chi connectivity index (χ1n) is 8.05. The fourth-order valence-electron chi connectivity index (χ4n) is 2.49. The van der Waals surface area contributed by atoms with Crippen molar-refractivity contribution >= 4 is 10.0 Å². The molecule has 142 valence electrons. The highest BCUT2D eigenvalue weighted by atomic mass is 32.2. The summed E-state index contributed by atoms with van der Waals surface area (Å²) in [5.74, 6) is 1.30. The summed E-state index contributed by atoms with van der Waals surface area (Å²) in [5, 5.41) is 3.89. The quantitative estimate of drug-likeness (QED) is 0.662. The number of sulfonamides is 1. The Kier molecular flexibility index (Phi) is 5.43.